The van der Waals surface area contributed by atoms with Gasteiger partial charge in [0.15, 0.2) is 11.5 Å². The number of hydrogen-bond donors (Lipinski definition) is 3. The number of H-pyrrole nitrogens is 1. The minimum Gasteiger partial charge on any atom is -0.435 e. The van der Waals surface area contributed by atoms with Gasteiger partial charge in [0, 0.05) is 60.1 Å². The number of nitrogens with two attached hydrogens (primary N) is 1. The van der Waals surface area contributed by atoms with Crippen molar-refractivity contribution in [2.24, 2.45) is 5.73 Å². The Labute approximate surface area is 167 Å². The zero-order chi connectivity index (χ0) is 19.8. The fourth-order valence-corrected chi connectivity index (χ4v) is 3.74. The monoisotopic (exact) mass is 387 g/mol. The number of amides is 1. The normalized spacial score (nSPS) is 14.4. The van der Waals surface area contributed by atoms with E-state index in [1.165, 1.54) is 0 Å². The van der Waals surface area contributed by atoms with Gasteiger partial charge in [0.2, 0.25) is 5.89 Å². The molecular formula is C22H21N5O2. The predicted molar refractivity (Wildman–Crippen MR) is 113 cm³/mol. The largest absolute Gasteiger partial charge is 0.435 e. The number of rotatable bonds is 4. The molecule has 2 aromatic carbocycles. The lowest BCUT2D eigenvalue weighted by molar-refractivity contribution is 0.0996. The molecular weight excluding hydrogens is 366 g/mol. The molecule has 2 aromatic heterocycles. The summed E-state index contributed by atoms with van der Waals surface area (Å²) in [5.74, 6) is 0.167. The highest BCUT2D eigenvalue weighted by molar-refractivity contribution is 5.97. The summed E-state index contributed by atoms with van der Waals surface area (Å²) in [5, 5.41) is 4.40. The van der Waals surface area contributed by atoms with Crippen molar-refractivity contribution >= 4 is 22.5 Å². The molecule has 0 bridgehead atoms. The van der Waals surface area contributed by atoms with Gasteiger partial charge in [-0.15, -0.1) is 0 Å². The number of carbonyl (C=O) groups excluding carboxylic acids is 1. The molecule has 7 nitrogen and oxygen atoms in total. The molecule has 3 heterocycles. The topological polar surface area (TPSA) is 100 Å². The Balaban J connectivity index is 1.51. The Kier molecular flexibility index (Phi) is 4.29. The SMILES string of the molecule is NC(=O)c1nc(-c2ccc3[nH]ccc3c2)oc1-c1ccc(N2CCNCC2)cc1. The number of oxazole rings is 1. The molecule has 0 saturated carbocycles. The third-order valence-electron chi connectivity index (χ3n) is 5.27. The molecule has 0 unspecified atom stereocenters. The molecule has 1 saturated heterocycles. The first-order chi connectivity index (χ1) is 14.2. The van der Waals surface area contributed by atoms with Crippen LogP contribution in [0.25, 0.3) is 33.7 Å². The molecule has 29 heavy (non-hydrogen) atoms. The summed E-state index contributed by atoms with van der Waals surface area (Å²) in [7, 11) is 0. The van der Waals surface area contributed by atoms with E-state index < -0.39 is 5.91 Å². The number of nitrogens with one attached hydrogen (secondary N) is 2. The van der Waals surface area contributed by atoms with Gasteiger partial charge < -0.3 is 25.4 Å². The maximum Gasteiger partial charge on any atom is 0.271 e. The smallest absolute Gasteiger partial charge is 0.271 e. The zero-order valence-electron chi connectivity index (χ0n) is 15.8. The number of primary amides is 1. The number of anilines is 1. The van der Waals surface area contributed by atoms with Gasteiger partial charge >= 0.3 is 0 Å². The fraction of sp³-hybridized carbons (Fsp3) is 0.182. The molecule has 1 aliphatic heterocycles. The molecule has 0 spiro atoms. The highest BCUT2D eigenvalue weighted by atomic mass is 16.4. The molecule has 4 N–H and O–H groups in total. The van der Waals surface area contributed by atoms with E-state index >= 15 is 0 Å². The summed E-state index contributed by atoms with van der Waals surface area (Å²) < 4.78 is 6.01. The van der Waals surface area contributed by atoms with Crippen molar-refractivity contribution in [1.82, 2.24) is 15.3 Å². The van der Waals surface area contributed by atoms with Crippen LogP contribution >= 0.6 is 0 Å². The minimum atomic E-state index is -0.607. The molecule has 7 heteroatoms. The van der Waals surface area contributed by atoms with Gasteiger partial charge in [0.25, 0.3) is 5.91 Å². The highest BCUT2D eigenvalue weighted by Crippen LogP contribution is 2.32. The Bertz CT molecular complexity index is 1170. The molecule has 4 aromatic rings. The van der Waals surface area contributed by atoms with Crippen molar-refractivity contribution in [3.63, 3.8) is 0 Å². The third kappa shape index (κ3) is 3.25. The number of piperazine rings is 1. The first-order valence-electron chi connectivity index (χ1n) is 9.63. The first kappa shape index (κ1) is 17.5. The molecule has 0 aliphatic carbocycles. The van der Waals surface area contributed by atoms with Crippen LogP contribution in [-0.4, -0.2) is 42.1 Å². The van der Waals surface area contributed by atoms with Crippen LogP contribution in [0, 0.1) is 0 Å². The van der Waals surface area contributed by atoms with E-state index in [1.54, 1.807) is 0 Å². The van der Waals surface area contributed by atoms with Gasteiger partial charge in [-0.3, -0.25) is 4.79 Å². The summed E-state index contributed by atoms with van der Waals surface area (Å²) in [5.41, 5.74) is 9.47. The third-order valence-corrected chi connectivity index (χ3v) is 5.27. The predicted octanol–water partition coefficient (Wildman–Crippen LogP) is 3.00. The molecule has 1 aliphatic rings. The summed E-state index contributed by atoms with van der Waals surface area (Å²) in [6.45, 7) is 3.90. The van der Waals surface area contributed by atoms with E-state index in [-0.39, 0.29) is 5.69 Å². The Morgan fingerprint density at radius 3 is 2.55 bits per heavy atom. The molecule has 5 rings (SSSR count). The molecule has 146 valence electrons. The summed E-state index contributed by atoms with van der Waals surface area (Å²) in [6.07, 6.45) is 1.88. The van der Waals surface area contributed by atoms with Gasteiger partial charge in [0.1, 0.15) is 0 Å². The van der Waals surface area contributed by atoms with Crippen LogP contribution in [0.4, 0.5) is 5.69 Å². The van der Waals surface area contributed by atoms with Crippen LogP contribution in [0.3, 0.4) is 0 Å². The number of nitrogens with zero attached hydrogens (tertiary/aromatic N) is 2. The first-order valence-corrected chi connectivity index (χ1v) is 9.63. The summed E-state index contributed by atoms with van der Waals surface area (Å²) in [6, 6.07) is 15.8. The van der Waals surface area contributed by atoms with E-state index in [9.17, 15) is 4.79 Å². The lowest BCUT2D eigenvalue weighted by Gasteiger charge is -2.29. The van der Waals surface area contributed by atoms with Gasteiger partial charge in [-0.1, -0.05) is 0 Å². The van der Waals surface area contributed by atoms with Gasteiger partial charge in [-0.2, -0.15) is 0 Å². The number of carbonyl (C=O) groups is 1. The molecule has 1 fully saturated rings. The van der Waals surface area contributed by atoms with Crippen molar-refractivity contribution in [2.45, 2.75) is 0 Å². The van der Waals surface area contributed by atoms with E-state index in [0.29, 0.717) is 11.7 Å². The molecule has 0 atom stereocenters. The number of aromatic amines is 1. The Morgan fingerprint density at radius 1 is 1.03 bits per heavy atom. The van der Waals surface area contributed by atoms with Gasteiger partial charge in [0.05, 0.1) is 0 Å². The van der Waals surface area contributed by atoms with Crippen molar-refractivity contribution in [2.75, 3.05) is 31.1 Å². The van der Waals surface area contributed by atoms with Crippen LogP contribution in [0.1, 0.15) is 10.5 Å². The molecule has 0 radical (unpaired) electrons. The lowest BCUT2D eigenvalue weighted by Crippen LogP contribution is -2.43. The van der Waals surface area contributed by atoms with Crippen LogP contribution in [0.5, 0.6) is 0 Å². The zero-order valence-corrected chi connectivity index (χ0v) is 15.8. The average Bonchev–Trinajstić information content (AvgIpc) is 3.41. The highest BCUT2D eigenvalue weighted by Gasteiger charge is 2.21. The summed E-state index contributed by atoms with van der Waals surface area (Å²) >= 11 is 0. The van der Waals surface area contributed by atoms with Crippen molar-refractivity contribution < 1.29 is 9.21 Å². The standard InChI is InChI=1S/C22H21N5O2/c23-21(28)19-20(14-1-4-17(5-2-14)27-11-9-24-10-12-27)29-22(26-19)16-3-6-18-15(13-16)7-8-25-18/h1-8,13,24-25H,9-12H2,(H2,23,28). The number of benzene rings is 2. The van der Waals surface area contributed by atoms with Crippen molar-refractivity contribution in [3.8, 4) is 22.8 Å². The van der Waals surface area contributed by atoms with E-state index in [0.717, 1.165) is 53.9 Å². The number of fused-ring (bicyclic) bond motifs is 1. The second kappa shape index (κ2) is 7.10. The van der Waals surface area contributed by atoms with E-state index in [2.05, 4.69) is 20.2 Å². The second-order valence-corrected chi connectivity index (χ2v) is 7.12. The maximum atomic E-state index is 12.0. The second-order valence-electron chi connectivity index (χ2n) is 7.12. The maximum absolute atomic E-state index is 12.0. The van der Waals surface area contributed by atoms with Crippen molar-refractivity contribution in [1.29, 1.82) is 0 Å². The van der Waals surface area contributed by atoms with E-state index in [4.69, 9.17) is 10.2 Å². The van der Waals surface area contributed by atoms with E-state index in [1.807, 2.05) is 54.7 Å². The van der Waals surface area contributed by atoms with Crippen LogP contribution < -0.4 is 16.0 Å². The Hall–Kier alpha value is -3.58. The Morgan fingerprint density at radius 2 is 1.79 bits per heavy atom. The average molecular weight is 387 g/mol. The minimum absolute atomic E-state index is 0.143. The van der Waals surface area contributed by atoms with Gasteiger partial charge in [-0.05, 0) is 48.5 Å². The molecule has 1 amide bonds. The van der Waals surface area contributed by atoms with Crippen LogP contribution in [0.15, 0.2) is 59.1 Å². The number of hydrogen-bond acceptors (Lipinski definition) is 5. The van der Waals surface area contributed by atoms with Crippen LogP contribution in [-0.2, 0) is 0 Å². The summed E-state index contributed by atoms with van der Waals surface area (Å²) in [4.78, 5) is 21.9. The van der Waals surface area contributed by atoms with Crippen LogP contribution in [0.2, 0.25) is 0 Å². The number of aromatic nitrogens is 2. The van der Waals surface area contributed by atoms with Crippen molar-refractivity contribution in [3.05, 3.63) is 60.4 Å². The fourth-order valence-electron chi connectivity index (χ4n) is 3.74. The van der Waals surface area contributed by atoms with Gasteiger partial charge in [-0.25, -0.2) is 4.98 Å². The lowest BCUT2D eigenvalue weighted by atomic mass is 10.1. The quantitative estimate of drug-likeness (QED) is 0.500.